The smallest absolute Gasteiger partial charge is 0.166 e. The Bertz CT molecular complexity index is 489. The van der Waals surface area contributed by atoms with E-state index in [0.717, 1.165) is 5.56 Å². The number of benzene rings is 1. The number of carbonyl (C=O) groups excluding carboxylic acids is 2. The molecule has 0 aliphatic heterocycles. The fourth-order valence-corrected chi connectivity index (χ4v) is 2.32. The third-order valence-corrected chi connectivity index (χ3v) is 4.16. The lowest BCUT2D eigenvalue weighted by Crippen LogP contribution is -2.37. The lowest BCUT2D eigenvalue weighted by molar-refractivity contribution is -0.126. The van der Waals surface area contributed by atoms with Gasteiger partial charge in [0.2, 0.25) is 0 Å². The van der Waals surface area contributed by atoms with Gasteiger partial charge in [-0.1, -0.05) is 50.6 Å². The maximum atomic E-state index is 12.4. The molecule has 0 amide bonds. The summed E-state index contributed by atoms with van der Waals surface area (Å²) in [6.45, 7) is 7.18. The van der Waals surface area contributed by atoms with Crippen LogP contribution in [0.15, 0.2) is 24.3 Å². The molecule has 4 heteroatoms. The molecular weight excluding hydrogens is 259 g/mol. The SMILES string of the molecule is Cc1ccc(C(=O)C(C)C(C)(C)C(=O)CP=O)cc1. The van der Waals surface area contributed by atoms with Crippen LogP contribution in [0.25, 0.3) is 0 Å². The molecule has 1 unspecified atom stereocenters. The average molecular weight is 278 g/mol. The Balaban J connectivity index is 2.95. The van der Waals surface area contributed by atoms with E-state index in [1.54, 1.807) is 32.9 Å². The zero-order chi connectivity index (χ0) is 14.6. The van der Waals surface area contributed by atoms with Crippen molar-refractivity contribution < 1.29 is 14.2 Å². The predicted octanol–water partition coefficient (Wildman–Crippen LogP) is 3.70. The molecule has 0 radical (unpaired) electrons. The Labute approximate surface area is 115 Å². The maximum Gasteiger partial charge on any atom is 0.166 e. The van der Waals surface area contributed by atoms with E-state index in [9.17, 15) is 14.2 Å². The van der Waals surface area contributed by atoms with Gasteiger partial charge in [-0.15, -0.1) is 0 Å². The number of aryl methyl sites for hydroxylation is 1. The minimum absolute atomic E-state index is 0.0431. The maximum absolute atomic E-state index is 12.4. The number of hydrogen-bond acceptors (Lipinski definition) is 3. The van der Waals surface area contributed by atoms with Crippen LogP contribution in [0.2, 0.25) is 0 Å². The van der Waals surface area contributed by atoms with Gasteiger partial charge >= 0.3 is 0 Å². The van der Waals surface area contributed by atoms with Gasteiger partial charge in [0, 0.05) is 16.9 Å². The molecule has 102 valence electrons. The van der Waals surface area contributed by atoms with Gasteiger partial charge in [0.05, 0.1) is 6.16 Å². The number of carbonyl (C=O) groups is 2. The second-order valence-corrected chi connectivity index (χ2v) is 5.96. The van der Waals surface area contributed by atoms with Gasteiger partial charge in [-0.3, -0.25) is 14.2 Å². The van der Waals surface area contributed by atoms with E-state index < -0.39 is 11.3 Å². The zero-order valence-electron chi connectivity index (χ0n) is 11.8. The van der Waals surface area contributed by atoms with E-state index in [1.807, 2.05) is 19.1 Å². The van der Waals surface area contributed by atoms with Crippen molar-refractivity contribution in [3.63, 3.8) is 0 Å². The molecule has 3 nitrogen and oxygen atoms in total. The average Bonchev–Trinajstić information content (AvgIpc) is 2.38. The largest absolute Gasteiger partial charge is 0.298 e. The van der Waals surface area contributed by atoms with E-state index in [1.165, 1.54) is 0 Å². The zero-order valence-corrected chi connectivity index (χ0v) is 12.7. The van der Waals surface area contributed by atoms with Gasteiger partial charge in [-0.25, -0.2) is 0 Å². The fraction of sp³-hybridized carbons (Fsp3) is 0.467. The highest BCUT2D eigenvalue weighted by molar-refractivity contribution is 7.25. The number of hydrogen-bond donors (Lipinski definition) is 0. The minimum Gasteiger partial charge on any atom is -0.298 e. The molecule has 0 N–H and O–H groups in total. The molecule has 0 fully saturated rings. The molecule has 0 bridgehead atoms. The molecule has 0 saturated carbocycles. The van der Waals surface area contributed by atoms with Crippen LogP contribution in [0.1, 0.15) is 36.7 Å². The van der Waals surface area contributed by atoms with E-state index in [0.29, 0.717) is 5.56 Å². The van der Waals surface area contributed by atoms with Gasteiger partial charge in [0.15, 0.2) is 20.0 Å². The summed E-state index contributed by atoms with van der Waals surface area (Å²) >= 11 is 0. The van der Waals surface area contributed by atoms with Crippen LogP contribution >= 0.6 is 8.46 Å². The molecule has 19 heavy (non-hydrogen) atoms. The lowest BCUT2D eigenvalue weighted by Gasteiger charge is -2.28. The predicted molar refractivity (Wildman–Crippen MR) is 75.9 cm³/mol. The lowest BCUT2D eigenvalue weighted by atomic mass is 9.73. The first kappa shape index (κ1) is 15.7. The molecule has 0 spiro atoms. The fourth-order valence-electron chi connectivity index (χ4n) is 1.80. The van der Waals surface area contributed by atoms with Gasteiger partial charge in [-0.05, 0) is 6.92 Å². The normalized spacial score (nSPS) is 13.3. The van der Waals surface area contributed by atoms with E-state index in [-0.39, 0.29) is 26.2 Å². The van der Waals surface area contributed by atoms with Gasteiger partial charge in [0.1, 0.15) is 0 Å². The van der Waals surface area contributed by atoms with Crippen molar-refractivity contribution in [1.82, 2.24) is 0 Å². The molecule has 0 saturated heterocycles. The Hall–Kier alpha value is -1.34. The molecule has 1 rings (SSSR count). The van der Waals surface area contributed by atoms with E-state index in [4.69, 9.17) is 0 Å². The molecule has 0 aliphatic carbocycles. The van der Waals surface area contributed by atoms with Crippen LogP contribution in [0, 0.1) is 18.3 Å². The molecule has 0 heterocycles. The molecule has 0 aliphatic rings. The van der Waals surface area contributed by atoms with Crippen molar-refractivity contribution in [2.24, 2.45) is 11.3 Å². The van der Waals surface area contributed by atoms with Crippen molar-refractivity contribution in [2.75, 3.05) is 6.16 Å². The summed E-state index contributed by atoms with van der Waals surface area (Å²) < 4.78 is 10.6. The summed E-state index contributed by atoms with van der Waals surface area (Å²) in [6, 6.07) is 7.32. The second kappa shape index (κ2) is 6.21. The topological polar surface area (TPSA) is 51.2 Å². The summed E-state index contributed by atoms with van der Waals surface area (Å²) in [6.07, 6.45) is -0.0431. The van der Waals surface area contributed by atoms with E-state index in [2.05, 4.69) is 0 Å². The Morgan fingerprint density at radius 1 is 1.21 bits per heavy atom. The molecule has 1 aromatic rings. The van der Waals surface area contributed by atoms with Crippen LogP contribution < -0.4 is 0 Å². The monoisotopic (exact) mass is 278 g/mol. The Kier molecular flexibility index (Phi) is 5.13. The summed E-state index contributed by atoms with van der Waals surface area (Å²) in [4.78, 5) is 24.3. The molecule has 0 aromatic heterocycles. The highest BCUT2D eigenvalue weighted by Crippen LogP contribution is 2.31. The van der Waals surface area contributed by atoms with Crippen molar-refractivity contribution >= 4 is 20.0 Å². The third kappa shape index (κ3) is 3.57. The molecule has 1 aromatic carbocycles. The van der Waals surface area contributed by atoms with Crippen LogP contribution in [0.5, 0.6) is 0 Å². The minimum atomic E-state index is -0.806. The van der Waals surface area contributed by atoms with Crippen LogP contribution in [0.4, 0.5) is 0 Å². The first-order chi connectivity index (χ1) is 8.80. The molecule has 1 atom stereocenters. The van der Waals surface area contributed by atoms with Crippen LogP contribution in [0.3, 0.4) is 0 Å². The quantitative estimate of drug-likeness (QED) is 0.589. The Morgan fingerprint density at radius 3 is 2.21 bits per heavy atom. The Morgan fingerprint density at radius 2 is 1.74 bits per heavy atom. The van der Waals surface area contributed by atoms with Gasteiger partial charge < -0.3 is 0 Å². The molecular formula is C15H19O3P. The highest BCUT2D eigenvalue weighted by atomic mass is 31.1. The van der Waals surface area contributed by atoms with Crippen molar-refractivity contribution in [1.29, 1.82) is 0 Å². The van der Waals surface area contributed by atoms with Crippen LogP contribution in [-0.2, 0) is 9.36 Å². The van der Waals surface area contributed by atoms with Crippen molar-refractivity contribution in [3.8, 4) is 0 Å². The van der Waals surface area contributed by atoms with Crippen molar-refractivity contribution in [2.45, 2.75) is 27.7 Å². The summed E-state index contributed by atoms with van der Waals surface area (Å²) in [5, 5.41) is 0. The standard InChI is InChI=1S/C15H19O3P/c1-10-5-7-12(8-6-10)14(17)11(2)15(3,4)13(16)9-19-18/h5-8,11H,9H2,1-4H3. The highest BCUT2D eigenvalue weighted by Gasteiger charge is 2.37. The summed E-state index contributed by atoms with van der Waals surface area (Å²) in [5.74, 6) is -0.650. The first-order valence-electron chi connectivity index (χ1n) is 6.24. The van der Waals surface area contributed by atoms with E-state index >= 15 is 0 Å². The number of rotatable bonds is 6. The number of ketones is 2. The summed E-state index contributed by atoms with van der Waals surface area (Å²) in [7, 11) is -0.198. The van der Waals surface area contributed by atoms with Gasteiger partial charge in [0.25, 0.3) is 0 Å². The van der Waals surface area contributed by atoms with Gasteiger partial charge in [-0.2, -0.15) is 0 Å². The second-order valence-electron chi connectivity index (χ2n) is 5.38. The third-order valence-electron chi connectivity index (χ3n) is 3.74. The van der Waals surface area contributed by atoms with Crippen molar-refractivity contribution in [3.05, 3.63) is 35.4 Å². The van der Waals surface area contributed by atoms with Crippen LogP contribution in [-0.4, -0.2) is 17.7 Å². The number of Topliss-reactive ketones (excluding diaryl/α,β-unsaturated/α-hetero) is 2. The summed E-state index contributed by atoms with van der Waals surface area (Å²) in [5.41, 5.74) is 0.891. The first-order valence-corrected chi connectivity index (χ1v) is 7.23.